The van der Waals surface area contributed by atoms with Crippen LogP contribution in [0.5, 0.6) is 5.75 Å². The van der Waals surface area contributed by atoms with E-state index in [1.165, 1.54) is 22.9 Å². The van der Waals surface area contributed by atoms with Gasteiger partial charge in [0.2, 0.25) is 10.0 Å². The van der Waals surface area contributed by atoms with E-state index >= 15 is 0 Å². The molecule has 0 aliphatic carbocycles. The third-order valence-corrected chi connectivity index (χ3v) is 8.31. The van der Waals surface area contributed by atoms with Gasteiger partial charge in [-0.15, -0.1) is 16.0 Å². The Kier molecular flexibility index (Phi) is 6.51. The molecule has 186 valence electrons. The molecule has 14 heteroatoms. The molecule has 1 aliphatic heterocycles. The predicted octanol–water partition coefficient (Wildman–Crippen LogP) is 2.65. The summed E-state index contributed by atoms with van der Waals surface area (Å²) >= 11 is 5.39. The first kappa shape index (κ1) is 24.9. The highest BCUT2D eigenvalue weighted by Crippen LogP contribution is 2.33. The van der Waals surface area contributed by atoms with Crippen LogP contribution in [0.3, 0.4) is 0 Å². The number of halogens is 1. The number of sulfonamides is 2. The molecule has 35 heavy (non-hydrogen) atoms. The number of aromatic nitrogens is 2. The molecule has 1 aliphatic rings. The standard InChI is InChI=1S/C21H22ClN5O6S2/c1-12(2)7-9-27-20-14(4-3-8-23-20)18(28)17(21(27)29)19-24-15-6-5-13(25-34(30,31)11-22)10-16(15)35(32,33)26-19/h3-6,8,10,12,25,28H,7,9,11H2,1-2H3,(H,24,26). The second-order valence-electron chi connectivity index (χ2n) is 8.31. The summed E-state index contributed by atoms with van der Waals surface area (Å²) < 4.78 is 56.8. The Balaban J connectivity index is 1.86. The highest BCUT2D eigenvalue weighted by Gasteiger charge is 2.30. The number of nitrogens with one attached hydrogen (secondary N) is 2. The lowest BCUT2D eigenvalue weighted by molar-refractivity contribution is 0.473. The van der Waals surface area contributed by atoms with Crippen molar-refractivity contribution in [3.05, 3.63) is 52.4 Å². The maximum absolute atomic E-state index is 13.4. The molecule has 0 amide bonds. The number of nitrogens with zero attached hydrogens (tertiary/aromatic N) is 3. The Morgan fingerprint density at radius 3 is 2.69 bits per heavy atom. The summed E-state index contributed by atoms with van der Waals surface area (Å²) in [6.07, 6.45) is 2.15. The quantitative estimate of drug-likeness (QED) is 0.386. The van der Waals surface area contributed by atoms with Crippen LogP contribution in [0.25, 0.3) is 11.0 Å². The van der Waals surface area contributed by atoms with Crippen molar-refractivity contribution in [3.8, 4) is 5.75 Å². The molecular weight excluding hydrogens is 518 g/mol. The minimum atomic E-state index is -4.37. The fourth-order valence-electron chi connectivity index (χ4n) is 3.61. The van der Waals surface area contributed by atoms with Crippen molar-refractivity contribution in [2.45, 2.75) is 31.7 Å². The van der Waals surface area contributed by atoms with Crippen LogP contribution in [0.15, 0.2) is 50.6 Å². The molecule has 11 nitrogen and oxygen atoms in total. The Bertz CT molecular complexity index is 1630. The number of aromatic hydroxyl groups is 1. The zero-order chi connectivity index (χ0) is 25.5. The smallest absolute Gasteiger partial charge is 0.286 e. The normalized spacial score (nSPS) is 14.9. The van der Waals surface area contributed by atoms with Crippen LogP contribution >= 0.6 is 11.6 Å². The van der Waals surface area contributed by atoms with Crippen molar-refractivity contribution >= 4 is 59.9 Å². The van der Waals surface area contributed by atoms with Gasteiger partial charge in [0.05, 0.1) is 16.8 Å². The number of hydrogen-bond donors (Lipinski definition) is 3. The number of amidine groups is 1. The van der Waals surface area contributed by atoms with E-state index in [0.717, 1.165) is 6.07 Å². The number of rotatable bonds is 7. The van der Waals surface area contributed by atoms with Gasteiger partial charge in [-0.2, -0.15) is 8.42 Å². The van der Waals surface area contributed by atoms with E-state index < -0.39 is 36.6 Å². The molecule has 4 rings (SSSR count). The van der Waals surface area contributed by atoms with E-state index in [-0.39, 0.29) is 44.6 Å². The fraction of sp³-hybridized carbons (Fsp3) is 0.286. The van der Waals surface area contributed by atoms with Crippen LogP contribution in [0.1, 0.15) is 25.8 Å². The van der Waals surface area contributed by atoms with Gasteiger partial charge in [0, 0.05) is 12.7 Å². The summed E-state index contributed by atoms with van der Waals surface area (Å²) in [5.74, 6) is -0.519. The lowest BCUT2D eigenvalue weighted by Crippen LogP contribution is -2.33. The summed E-state index contributed by atoms with van der Waals surface area (Å²) in [4.78, 5) is 17.4. The zero-order valence-electron chi connectivity index (χ0n) is 18.7. The molecule has 0 radical (unpaired) electrons. The molecule has 0 bridgehead atoms. The number of hydrogen-bond acceptors (Lipinski definition) is 8. The van der Waals surface area contributed by atoms with Gasteiger partial charge < -0.3 is 10.4 Å². The van der Waals surface area contributed by atoms with Gasteiger partial charge in [-0.1, -0.05) is 13.8 Å². The lowest BCUT2D eigenvalue weighted by Gasteiger charge is -2.21. The first-order chi connectivity index (χ1) is 16.4. The molecule has 0 atom stereocenters. The minimum absolute atomic E-state index is 0.0240. The molecule has 1 aromatic carbocycles. The summed E-state index contributed by atoms with van der Waals surface area (Å²) in [5, 5.41) is 13.3. The van der Waals surface area contributed by atoms with Crippen molar-refractivity contribution in [2.75, 3.05) is 15.3 Å². The van der Waals surface area contributed by atoms with E-state index in [9.17, 15) is 26.7 Å². The number of alkyl halides is 1. The summed E-state index contributed by atoms with van der Waals surface area (Å²) in [7, 11) is -8.22. The molecular formula is C21H22ClN5O6S2. The van der Waals surface area contributed by atoms with Gasteiger partial charge in [-0.25, -0.2) is 13.4 Å². The van der Waals surface area contributed by atoms with Crippen molar-refractivity contribution < 1.29 is 21.9 Å². The second kappa shape index (κ2) is 9.13. The largest absolute Gasteiger partial charge is 0.506 e. The maximum atomic E-state index is 13.4. The van der Waals surface area contributed by atoms with Gasteiger partial charge >= 0.3 is 0 Å². The Labute approximate surface area is 206 Å². The monoisotopic (exact) mass is 539 g/mol. The highest BCUT2D eigenvalue weighted by molar-refractivity contribution is 7.93. The van der Waals surface area contributed by atoms with Crippen LogP contribution in [0.2, 0.25) is 0 Å². The van der Waals surface area contributed by atoms with Crippen LogP contribution in [-0.2, 0) is 26.6 Å². The van der Waals surface area contributed by atoms with Crippen molar-refractivity contribution in [2.24, 2.45) is 10.3 Å². The van der Waals surface area contributed by atoms with Crippen molar-refractivity contribution in [3.63, 3.8) is 0 Å². The van der Waals surface area contributed by atoms with Crippen LogP contribution in [0.4, 0.5) is 11.4 Å². The molecule has 3 heterocycles. The van der Waals surface area contributed by atoms with E-state index in [0.29, 0.717) is 13.0 Å². The number of benzene rings is 1. The molecule has 3 N–H and O–H groups in total. The number of pyridine rings is 2. The second-order valence-corrected chi connectivity index (χ2v) is 12.2. The molecule has 3 aromatic rings. The summed E-state index contributed by atoms with van der Waals surface area (Å²) in [6.45, 7) is 4.30. The Morgan fingerprint density at radius 1 is 1.26 bits per heavy atom. The topological polar surface area (TPSA) is 160 Å². The Hall–Kier alpha value is -3.16. The average Bonchev–Trinajstić information content (AvgIpc) is 2.79. The predicted molar refractivity (Wildman–Crippen MR) is 134 cm³/mol. The number of aryl methyl sites for hydroxylation is 1. The van der Waals surface area contributed by atoms with Crippen LogP contribution in [-0.4, -0.2) is 42.5 Å². The minimum Gasteiger partial charge on any atom is -0.506 e. The van der Waals surface area contributed by atoms with E-state index in [4.69, 9.17) is 11.6 Å². The Morgan fingerprint density at radius 2 is 2.00 bits per heavy atom. The van der Waals surface area contributed by atoms with Crippen molar-refractivity contribution in [1.82, 2.24) is 9.55 Å². The SMILES string of the molecule is CC(C)CCn1c(=O)c(C2=NS(=O)(=O)c3cc(NS(=O)(=O)CCl)ccc3N2)c(O)c2cccnc21. The van der Waals surface area contributed by atoms with E-state index in [2.05, 4.69) is 19.4 Å². The fourth-order valence-corrected chi connectivity index (χ4v) is 5.46. The molecule has 0 saturated heterocycles. The number of fused-ring (bicyclic) bond motifs is 2. The summed E-state index contributed by atoms with van der Waals surface area (Å²) in [6, 6.07) is 6.92. The van der Waals surface area contributed by atoms with Gasteiger partial charge in [0.25, 0.3) is 15.6 Å². The zero-order valence-corrected chi connectivity index (χ0v) is 21.1. The first-order valence-corrected chi connectivity index (χ1v) is 14.1. The van der Waals surface area contributed by atoms with Crippen molar-refractivity contribution in [1.29, 1.82) is 0 Å². The highest BCUT2D eigenvalue weighted by atomic mass is 35.5. The van der Waals surface area contributed by atoms with E-state index in [1.54, 1.807) is 12.1 Å². The average molecular weight is 540 g/mol. The molecule has 0 saturated carbocycles. The lowest BCUT2D eigenvalue weighted by atomic mass is 10.1. The summed E-state index contributed by atoms with van der Waals surface area (Å²) in [5.41, 5.74) is -0.650. The van der Waals surface area contributed by atoms with E-state index in [1.807, 2.05) is 13.8 Å². The maximum Gasteiger partial charge on any atom is 0.286 e. The molecule has 2 aromatic heterocycles. The number of anilines is 2. The third-order valence-electron chi connectivity index (χ3n) is 5.30. The van der Waals surface area contributed by atoms with Gasteiger partial charge in [-0.05, 0) is 42.7 Å². The third kappa shape index (κ3) is 4.83. The molecule has 0 unspecified atom stereocenters. The van der Waals surface area contributed by atoms with Gasteiger partial charge in [0.1, 0.15) is 27.1 Å². The molecule has 0 fully saturated rings. The van der Waals surface area contributed by atoms with Gasteiger partial charge in [-0.3, -0.25) is 14.1 Å². The van der Waals surface area contributed by atoms with Crippen LogP contribution in [0, 0.1) is 5.92 Å². The molecule has 0 spiro atoms. The van der Waals surface area contributed by atoms with Crippen LogP contribution < -0.4 is 15.6 Å². The first-order valence-electron chi connectivity index (χ1n) is 10.5. The van der Waals surface area contributed by atoms with Gasteiger partial charge in [0.15, 0.2) is 5.84 Å².